The van der Waals surface area contributed by atoms with Crippen LogP contribution in [0.5, 0.6) is 23.0 Å². The largest absolute Gasteiger partial charge is 0.495 e. The fourth-order valence-corrected chi connectivity index (χ4v) is 4.86. The molecule has 0 aromatic heterocycles. The van der Waals surface area contributed by atoms with Crippen molar-refractivity contribution in [1.82, 2.24) is 10.4 Å². The van der Waals surface area contributed by atoms with Crippen molar-refractivity contribution in [2.75, 3.05) is 59.0 Å². The number of amides is 1. The molecule has 8 heteroatoms. The second kappa shape index (κ2) is 17.3. The molecule has 2 aromatic carbocycles. The van der Waals surface area contributed by atoms with Crippen molar-refractivity contribution in [3.63, 3.8) is 0 Å². The Kier molecular flexibility index (Phi) is 13.5. The number of unbranched alkanes of at least 4 members (excludes halogenated alkanes) is 7. The zero-order valence-electron chi connectivity index (χ0n) is 24.7. The lowest BCUT2D eigenvalue weighted by Crippen LogP contribution is -2.53. The molecule has 0 unspecified atom stereocenters. The summed E-state index contributed by atoms with van der Waals surface area (Å²) >= 11 is 0. The third-order valence-electron chi connectivity index (χ3n) is 7.13. The molecule has 0 aliphatic carbocycles. The van der Waals surface area contributed by atoms with E-state index >= 15 is 0 Å². The van der Waals surface area contributed by atoms with Crippen LogP contribution in [0.2, 0.25) is 0 Å². The number of anilines is 1. The zero-order valence-corrected chi connectivity index (χ0v) is 24.7. The van der Waals surface area contributed by atoms with Gasteiger partial charge in [0, 0.05) is 32.3 Å². The van der Waals surface area contributed by atoms with E-state index in [1.165, 1.54) is 44.6 Å². The highest BCUT2D eigenvalue weighted by Crippen LogP contribution is 2.39. The molecule has 8 nitrogen and oxygen atoms in total. The minimum Gasteiger partial charge on any atom is -0.495 e. The minimum absolute atomic E-state index is 0.182. The van der Waals surface area contributed by atoms with Gasteiger partial charge in [-0.15, -0.1) is 0 Å². The molecular formula is C32H47N3O5. The number of hydrazine groups is 1. The molecule has 0 radical (unpaired) electrons. The Morgan fingerprint density at radius 1 is 0.825 bits per heavy atom. The molecule has 1 aliphatic rings. The van der Waals surface area contributed by atoms with Crippen LogP contribution in [-0.2, 0) is 4.79 Å². The van der Waals surface area contributed by atoms with E-state index in [4.69, 9.17) is 18.9 Å². The Morgan fingerprint density at radius 3 is 2.05 bits per heavy atom. The van der Waals surface area contributed by atoms with Crippen LogP contribution in [0.3, 0.4) is 0 Å². The van der Waals surface area contributed by atoms with Gasteiger partial charge in [-0.2, -0.15) is 0 Å². The summed E-state index contributed by atoms with van der Waals surface area (Å²) in [5, 5.41) is 1.95. The first-order chi connectivity index (χ1) is 19.6. The van der Waals surface area contributed by atoms with Gasteiger partial charge < -0.3 is 23.8 Å². The molecule has 3 rings (SSSR count). The number of para-hydroxylation sites is 2. The number of methoxy groups -OCH3 is 3. The first kappa shape index (κ1) is 31.1. The number of benzene rings is 2. The van der Waals surface area contributed by atoms with Gasteiger partial charge >= 0.3 is 0 Å². The summed E-state index contributed by atoms with van der Waals surface area (Å²) in [4.78, 5) is 14.9. The van der Waals surface area contributed by atoms with Crippen LogP contribution in [-0.4, -0.2) is 65.0 Å². The summed E-state index contributed by atoms with van der Waals surface area (Å²) in [6, 6.07) is 11.7. The van der Waals surface area contributed by atoms with E-state index in [0.29, 0.717) is 36.9 Å². The second-order valence-electron chi connectivity index (χ2n) is 10.0. The third-order valence-corrected chi connectivity index (χ3v) is 7.13. The van der Waals surface area contributed by atoms with E-state index in [1.54, 1.807) is 27.4 Å². The second-order valence-corrected chi connectivity index (χ2v) is 10.0. The van der Waals surface area contributed by atoms with Crippen LogP contribution in [0, 0.1) is 0 Å². The number of piperazine rings is 1. The summed E-state index contributed by atoms with van der Waals surface area (Å²) in [6.45, 7) is 5.87. The number of hydrogen-bond acceptors (Lipinski definition) is 7. The summed E-state index contributed by atoms with van der Waals surface area (Å²) in [6.07, 6.45) is 13.2. The molecule has 1 N–H and O–H groups in total. The maximum absolute atomic E-state index is 12.7. The van der Waals surface area contributed by atoms with Gasteiger partial charge in [-0.3, -0.25) is 10.2 Å². The van der Waals surface area contributed by atoms with Crippen molar-refractivity contribution >= 4 is 17.7 Å². The van der Waals surface area contributed by atoms with Gasteiger partial charge in [-0.1, -0.05) is 64.0 Å². The van der Waals surface area contributed by atoms with E-state index < -0.39 is 0 Å². The maximum Gasteiger partial charge on any atom is 0.258 e. The Balaban J connectivity index is 1.47. The van der Waals surface area contributed by atoms with Crippen LogP contribution >= 0.6 is 0 Å². The summed E-state index contributed by atoms with van der Waals surface area (Å²) in [5.74, 6) is 2.46. The normalized spacial score (nSPS) is 13.8. The van der Waals surface area contributed by atoms with Gasteiger partial charge in [-0.05, 0) is 42.3 Å². The van der Waals surface area contributed by atoms with Crippen molar-refractivity contribution in [2.24, 2.45) is 0 Å². The van der Waals surface area contributed by atoms with Gasteiger partial charge in [0.1, 0.15) is 5.75 Å². The smallest absolute Gasteiger partial charge is 0.258 e. The van der Waals surface area contributed by atoms with Gasteiger partial charge in [-0.25, -0.2) is 5.01 Å². The van der Waals surface area contributed by atoms with Crippen molar-refractivity contribution in [3.8, 4) is 23.0 Å². The topological polar surface area (TPSA) is 72.5 Å². The van der Waals surface area contributed by atoms with E-state index in [2.05, 4.69) is 23.3 Å². The molecule has 220 valence electrons. The molecule has 0 saturated carbocycles. The van der Waals surface area contributed by atoms with Gasteiger partial charge in [0.15, 0.2) is 11.5 Å². The van der Waals surface area contributed by atoms with Crippen LogP contribution in [0.15, 0.2) is 42.5 Å². The monoisotopic (exact) mass is 553 g/mol. The predicted octanol–water partition coefficient (Wildman–Crippen LogP) is 6.10. The highest BCUT2D eigenvalue weighted by Gasteiger charge is 2.20. The molecule has 1 fully saturated rings. The number of nitrogens with one attached hydrogen (secondary N) is 1. The number of carbonyl (C=O) groups is 1. The maximum atomic E-state index is 12.7. The zero-order chi connectivity index (χ0) is 28.6. The molecular weight excluding hydrogens is 506 g/mol. The van der Waals surface area contributed by atoms with Crippen LogP contribution < -0.4 is 29.3 Å². The molecule has 1 amide bonds. The molecule has 0 atom stereocenters. The van der Waals surface area contributed by atoms with Crippen LogP contribution in [0.1, 0.15) is 63.9 Å². The average Bonchev–Trinajstić information content (AvgIpc) is 2.99. The SMILES string of the molecule is CCCCCCCCCCOc1c(OC)cc(C=CC(=O)NN2CCN(c3ccccc3OC)CC2)cc1OC. The Morgan fingerprint density at radius 2 is 1.43 bits per heavy atom. The Hall–Kier alpha value is -3.39. The lowest BCUT2D eigenvalue weighted by atomic mass is 10.1. The fourth-order valence-electron chi connectivity index (χ4n) is 4.86. The lowest BCUT2D eigenvalue weighted by molar-refractivity contribution is -0.121. The standard InChI is InChI=1S/C32H47N3O5/c1-5-6-7-8-9-10-11-14-23-40-32-29(38-3)24-26(25-30(32)39-4)17-18-31(36)33-35-21-19-34(20-22-35)27-15-12-13-16-28(27)37-2/h12-13,15-18,24-25H,5-11,14,19-23H2,1-4H3,(H,33,36). The average molecular weight is 554 g/mol. The third kappa shape index (κ3) is 9.66. The number of nitrogens with zero attached hydrogens (tertiary/aromatic N) is 2. The quantitative estimate of drug-likeness (QED) is 0.187. The first-order valence-corrected chi connectivity index (χ1v) is 14.6. The summed E-state index contributed by atoms with van der Waals surface area (Å²) in [5.41, 5.74) is 4.85. The molecule has 40 heavy (non-hydrogen) atoms. The van der Waals surface area contributed by atoms with Gasteiger partial charge in [0.2, 0.25) is 5.75 Å². The molecule has 1 aliphatic heterocycles. The molecule has 0 bridgehead atoms. The summed E-state index contributed by atoms with van der Waals surface area (Å²) < 4.78 is 22.7. The molecule has 0 spiro atoms. The first-order valence-electron chi connectivity index (χ1n) is 14.6. The predicted molar refractivity (Wildman–Crippen MR) is 162 cm³/mol. The number of rotatable bonds is 17. The van der Waals surface area contributed by atoms with Crippen molar-refractivity contribution in [2.45, 2.75) is 58.3 Å². The van der Waals surface area contributed by atoms with Crippen LogP contribution in [0.25, 0.3) is 6.08 Å². The summed E-state index contributed by atoms with van der Waals surface area (Å²) in [7, 11) is 4.91. The minimum atomic E-state index is -0.182. The highest BCUT2D eigenvalue weighted by atomic mass is 16.5. The van der Waals surface area contributed by atoms with E-state index in [-0.39, 0.29) is 5.91 Å². The number of carbonyl (C=O) groups excluding carboxylic acids is 1. The van der Waals surface area contributed by atoms with E-state index in [0.717, 1.165) is 42.9 Å². The van der Waals surface area contributed by atoms with Gasteiger partial charge in [0.05, 0.1) is 33.6 Å². The fraction of sp³-hybridized carbons (Fsp3) is 0.531. The highest BCUT2D eigenvalue weighted by molar-refractivity contribution is 5.91. The lowest BCUT2D eigenvalue weighted by Gasteiger charge is -2.36. The Bertz CT molecular complexity index is 1040. The van der Waals surface area contributed by atoms with Crippen molar-refractivity contribution in [1.29, 1.82) is 0 Å². The van der Waals surface area contributed by atoms with E-state index in [9.17, 15) is 4.79 Å². The number of hydrogen-bond donors (Lipinski definition) is 1. The van der Waals surface area contributed by atoms with Crippen LogP contribution in [0.4, 0.5) is 5.69 Å². The molecule has 1 saturated heterocycles. The van der Waals surface area contributed by atoms with Crippen molar-refractivity contribution < 1.29 is 23.7 Å². The molecule has 1 heterocycles. The Labute approximate surface area is 240 Å². The molecule has 2 aromatic rings. The van der Waals surface area contributed by atoms with Crippen molar-refractivity contribution in [3.05, 3.63) is 48.0 Å². The van der Waals surface area contributed by atoms with Gasteiger partial charge in [0.25, 0.3) is 5.91 Å². The van der Waals surface area contributed by atoms with E-state index in [1.807, 2.05) is 35.3 Å². The number of ether oxygens (including phenoxy) is 4.